The third-order valence-electron chi connectivity index (χ3n) is 8.31. The second-order valence-corrected chi connectivity index (χ2v) is 11.4. The lowest BCUT2D eigenvalue weighted by atomic mass is 9.73. The summed E-state index contributed by atoms with van der Waals surface area (Å²) >= 11 is 0. The van der Waals surface area contributed by atoms with Gasteiger partial charge < -0.3 is 19.1 Å². The second kappa shape index (κ2) is 10.1. The molecule has 0 spiro atoms. The molecule has 39 heavy (non-hydrogen) atoms. The standard InChI is InChI=1S/C32H36N4O3/c1-21-19-32(30-33-22(2)39-34-30,14-12-26(21)23-9-6-5-7-10-23)31(37)36-15-8-11-24-17-29-27(18-28(24)36)25(20-38-29)13-16-35(3)4/h5-7,9-10,12,14,17-18,25H,8,11,13,15-16,19-20H2,1-4H3. The fourth-order valence-electron chi connectivity index (χ4n) is 6.23. The fourth-order valence-corrected chi connectivity index (χ4v) is 6.23. The smallest absolute Gasteiger partial charge is 0.245 e. The molecule has 7 nitrogen and oxygen atoms in total. The number of hydrogen-bond donors (Lipinski definition) is 0. The molecular weight excluding hydrogens is 488 g/mol. The molecule has 2 atom stereocenters. The van der Waals surface area contributed by atoms with Crippen molar-refractivity contribution >= 4 is 17.2 Å². The molecule has 6 rings (SSSR count). The average molecular weight is 525 g/mol. The summed E-state index contributed by atoms with van der Waals surface area (Å²) in [5.74, 6) is 2.18. The first kappa shape index (κ1) is 25.6. The maximum Gasteiger partial charge on any atom is 0.245 e. The van der Waals surface area contributed by atoms with Gasteiger partial charge in [-0.3, -0.25) is 4.79 Å². The average Bonchev–Trinajstić information content (AvgIpc) is 3.56. The molecule has 1 aromatic heterocycles. The van der Waals surface area contributed by atoms with Crippen LogP contribution in [-0.2, 0) is 16.6 Å². The van der Waals surface area contributed by atoms with Gasteiger partial charge in [-0.05, 0) is 82.1 Å². The first-order chi connectivity index (χ1) is 18.9. The summed E-state index contributed by atoms with van der Waals surface area (Å²) in [4.78, 5) is 23.5. The van der Waals surface area contributed by atoms with E-state index >= 15 is 0 Å². The number of carbonyl (C=O) groups excluding carboxylic acids is 1. The van der Waals surface area contributed by atoms with E-state index in [1.807, 2.05) is 29.2 Å². The van der Waals surface area contributed by atoms with Gasteiger partial charge in [0.1, 0.15) is 11.2 Å². The minimum Gasteiger partial charge on any atom is -0.493 e. The topological polar surface area (TPSA) is 71.7 Å². The molecule has 0 saturated carbocycles. The van der Waals surface area contributed by atoms with Crippen LogP contribution in [0.2, 0.25) is 0 Å². The lowest BCUT2D eigenvalue weighted by molar-refractivity contribution is -0.123. The summed E-state index contributed by atoms with van der Waals surface area (Å²) in [6.45, 7) is 6.22. The van der Waals surface area contributed by atoms with E-state index in [2.05, 4.69) is 66.4 Å². The van der Waals surface area contributed by atoms with Crippen LogP contribution < -0.4 is 9.64 Å². The summed E-state index contributed by atoms with van der Waals surface area (Å²) in [7, 11) is 4.20. The van der Waals surface area contributed by atoms with Gasteiger partial charge >= 0.3 is 0 Å². The Morgan fingerprint density at radius 2 is 2.00 bits per heavy atom. The van der Waals surface area contributed by atoms with Crippen molar-refractivity contribution in [2.45, 2.75) is 50.9 Å². The van der Waals surface area contributed by atoms with E-state index in [4.69, 9.17) is 9.26 Å². The predicted octanol–water partition coefficient (Wildman–Crippen LogP) is 5.46. The maximum atomic E-state index is 14.7. The lowest BCUT2D eigenvalue weighted by Gasteiger charge is -2.38. The molecule has 1 amide bonds. The first-order valence-corrected chi connectivity index (χ1v) is 13.9. The van der Waals surface area contributed by atoms with Crippen LogP contribution in [0, 0.1) is 6.92 Å². The number of anilines is 1. The van der Waals surface area contributed by atoms with E-state index < -0.39 is 5.41 Å². The summed E-state index contributed by atoms with van der Waals surface area (Å²) in [5, 5.41) is 4.29. The van der Waals surface area contributed by atoms with E-state index in [1.54, 1.807) is 6.92 Å². The van der Waals surface area contributed by atoms with Crippen LogP contribution in [0.15, 0.2) is 64.7 Å². The molecule has 3 aromatic rings. The number of amides is 1. The number of aromatic nitrogens is 2. The van der Waals surface area contributed by atoms with Gasteiger partial charge in [-0.15, -0.1) is 0 Å². The van der Waals surface area contributed by atoms with Gasteiger partial charge in [-0.25, -0.2) is 0 Å². The van der Waals surface area contributed by atoms with E-state index in [1.165, 1.54) is 5.56 Å². The van der Waals surface area contributed by atoms with Crippen molar-refractivity contribution in [1.82, 2.24) is 15.0 Å². The summed E-state index contributed by atoms with van der Waals surface area (Å²) in [6, 6.07) is 14.7. The fraction of sp³-hybridized carbons (Fsp3) is 0.406. The third kappa shape index (κ3) is 4.59. The zero-order valence-electron chi connectivity index (χ0n) is 23.2. The minimum atomic E-state index is -1.03. The zero-order chi connectivity index (χ0) is 27.1. The molecule has 3 heterocycles. The molecule has 2 unspecified atom stereocenters. The number of fused-ring (bicyclic) bond motifs is 2. The van der Waals surface area contributed by atoms with Crippen LogP contribution in [0.1, 0.15) is 60.5 Å². The molecule has 0 bridgehead atoms. The molecule has 2 aromatic carbocycles. The Balaban J connectivity index is 1.39. The van der Waals surface area contributed by atoms with Gasteiger partial charge in [0.2, 0.25) is 11.8 Å². The van der Waals surface area contributed by atoms with Crippen LogP contribution in [0.25, 0.3) is 5.57 Å². The monoisotopic (exact) mass is 524 g/mol. The lowest BCUT2D eigenvalue weighted by Crippen LogP contribution is -2.49. The summed E-state index contributed by atoms with van der Waals surface area (Å²) in [6.07, 6.45) is 7.41. The Labute approximate surface area is 230 Å². The maximum absolute atomic E-state index is 14.7. The van der Waals surface area contributed by atoms with Crippen molar-refractivity contribution in [2.75, 3.05) is 38.7 Å². The Kier molecular flexibility index (Phi) is 6.63. The van der Waals surface area contributed by atoms with Gasteiger partial charge in [0, 0.05) is 30.6 Å². The summed E-state index contributed by atoms with van der Waals surface area (Å²) in [5.41, 5.74) is 5.74. The number of aryl methyl sites for hydroxylation is 2. The Bertz CT molecular complexity index is 1460. The van der Waals surface area contributed by atoms with Crippen LogP contribution in [0.5, 0.6) is 5.75 Å². The van der Waals surface area contributed by atoms with Crippen molar-refractivity contribution in [3.8, 4) is 5.75 Å². The van der Waals surface area contributed by atoms with Gasteiger partial charge in [-0.1, -0.05) is 53.2 Å². The molecule has 202 valence electrons. The van der Waals surface area contributed by atoms with E-state index in [0.717, 1.165) is 59.5 Å². The van der Waals surface area contributed by atoms with E-state index in [0.29, 0.717) is 37.2 Å². The van der Waals surface area contributed by atoms with Gasteiger partial charge in [-0.2, -0.15) is 4.98 Å². The highest BCUT2D eigenvalue weighted by molar-refractivity contribution is 6.04. The minimum absolute atomic E-state index is 0.00401. The van der Waals surface area contributed by atoms with Crippen molar-refractivity contribution in [3.63, 3.8) is 0 Å². The van der Waals surface area contributed by atoms with Crippen molar-refractivity contribution in [2.24, 2.45) is 0 Å². The van der Waals surface area contributed by atoms with Crippen molar-refractivity contribution in [3.05, 3.63) is 88.6 Å². The molecule has 1 aliphatic carbocycles. The quantitative estimate of drug-likeness (QED) is 0.427. The Morgan fingerprint density at radius 1 is 1.18 bits per heavy atom. The highest BCUT2D eigenvalue weighted by atomic mass is 16.5. The van der Waals surface area contributed by atoms with E-state index in [-0.39, 0.29) is 5.91 Å². The number of allylic oxidation sites excluding steroid dienone is 3. The molecule has 7 heteroatoms. The van der Waals surface area contributed by atoms with Gasteiger partial charge in [0.05, 0.1) is 6.61 Å². The Morgan fingerprint density at radius 3 is 2.72 bits per heavy atom. The molecule has 0 radical (unpaired) electrons. The number of nitrogens with zero attached hydrogens (tertiary/aromatic N) is 4. The number of benzene rings is 2. The Hall–Kier alpha value is -3.71. The van der Waals surface area contributed by atoms with Crippen LogP contribution in [0.3, 0.4) is 0 Å². The van der Waals surface area contributed by atoms with Crippen molar-refractivity contribution in [1.29, 1.82) is 0 Å². The molecule has 0 fully saturated rings. The second-order valence-electron chi connectivity index (χ2n) is 11.4. The highest BCUT2D eigenvalue weighted by Crippen LogP contribution is 2.45. The number of carbonyl (C=O) groups is 1. The SMILES string of the molecule is CC1=C(c2ccccc2)C=CC(C(=O)N2CCCc3cc4c(cc32)C(CCN(C)C)CO4)(c2noc(C)n2)C1. The largest absolute Gasteiger partial charge is 0.493 e. The normalized spacial score (nSPS) is 22.2. The number of ether oxygens (including phenoxy) is 1. The number of hydrogen-bond acceptors (Lipinski definition) is 6. The number of rotatable bonds is 6. The molecule has 0 N–H and O–H groups in total. The molecule has 2 aliphatic heterocycles. The van der Waals surface area contributed by atoms with E-state index in [9.17, 15) is 4.79 Å². The molecule has 0 saturated heterocycles. The van der Waals surface area contributed by atoms with Gasteiger partial charge in [0.15, 0.2) is 5.82 Å². The first-order valence-electron chi connectivity index (χ1n) is 13.9. The van der Waals surface area contributed by atoms with Crippen molar-refractivity contribution < 1.29 is 14.1 Å². The molecular formula is C32H36N4O3. The van der Waals surface area contributed by atoms with Crippen LogP contribution in [0.4, 0.5) is 5.69 Å². The third-order valence-corrected chi connectivity index (χ3v) is 8.31. The zero-order valence-corrected chi connectivity index (χ0v) is 23.2. The van der Waals surface area contributed by atoms with Crippen LogP contribution >= 0.6 is 0 Å². The molecule has 3 aliphatic rings. The van der Waals surface area contributed by atoms with Crippen LogP contribution in [-0.4, -0.2) is 54.7 Å². The predicted molar refractivity (Wildman–Crippen MR) is 152 cm³/mol. The highest BCUT2D eigenvalue weighted by Gasteiger charge is 2.48. The van der Waals surface area contributed by atoms with Gasteiger partial charge in [0.25, 0.3) is 0 Å². The summed E-state index contributed by atoms with van der Waals surface area (Å²) < 4.78 is 11.5.